The van der Waals surface area contributed by atoms with Crippen molar-refractivity contribution in [2.24, 2.45) is 0 Å². The lowest BCUT2D eigenvalue weighted by Gasteiger charge is -2.34. The number of anilines is 3. The molecule has 0 aliphatic carbocycles. The fraction of sp³-hybridized carbons (Fsp3) is 0.344. The third-order valence-corrected chi connectivity index (χ3v) is 16.5. The predicted molar refractivity (Wildman–Crippen MR) is 314 cm³/mol. The lowest BCUT2D eigenvalue weighted by Crippen LogP contribution is -2.43. The first kappa shape index (κ1) is 58.5. The zero-order valence-electron chi connectivity index (χ0n) is 47.7. The van der Waals surface area contributed by atoms with Crippen LogP contribution in [0.2, 0.25) is 5.02 Å². The maximum atomic E-state index is 18.6. The van der Waals surface area contributed by atoms with Crippen LogP contribution < -0.4 is 43.1 Å². The molecule has 0 amide bonds. The van der Waals surface area contributed by atoms with Crippen LogP contribution in [0, 0.1) is 12.7 Å². The van der Waals surface area contributed by atoms with E-state index in [2.05, 4.69) is 9.88 Å². The van der Waals surface area contributed by atoms with Gasteiger partial charge in [-0.25, -0.2) is 23.1 Å². The van der Waals surface area contributed by atoms with Crippen LogP contribution in [-0.2, 0) is 32.4 Å². The predicted octanol–water partition coefficient (Wildman–Crippen LogP) is 13.5. The second kappa shape index (κ2) is 24.4. The molecule has 8 aromatic rings. The Kier molecular flexibility index (Phi) is 16.8. The number of aryl methyl sites for hydroxylation is 1. The van der Waals surface area contributed by atoms with E-state index >= 15 is 26.3 Å². The van der Waals surface area contributed by atoms with E-state index in [9.17, 15) is 0 Å². The van der Waals surface area contributed by atoms with Gasteiger partial charge in [0, 0.05) is 63.9 Å². The number of aromatic nitrogens is 4. The van der Waals surface area contributed by atoms with E-state index in [-0.39, 0.29) is 93.1 Å². The minimum atomic E-state index is -5.08. The highest BCUT2D eigenvalue weighted by atomic mass is 35.5. The number of benzene rings is 5. The van der Waals surface area contributed by atoms with Gasteiger partial charge in [0.2, 0.25) is 0 Å². The van der Waals surface area contributed by atoms with Gasteiger partial charge in [-0.2, -0.15) is 23.1 Å². The molecular formula is C64H63ClF6N8O6. The van der Waals surface area contributed by atoms with Crippen molar-refractivity contribution in [3.05, 3.63) is 171 Å². The first-order chi connectivity index (χ1) is 41.0. The van der Waals surface area contributed by atoms with Gasteiger partial charge in [0.05, 0.1) is 73.8 Å². The van der Waals surface area contributed by atoms with Gasteiger partial charge in [-0.1, -0.05) is 66.2 Å². The fourth-order valence-corrected chi connectivity index (χ4v) is 12.3. The maximum Gasteiger partial charge on any atom is 0.418 e. The van der Waals surface area contributed by atoms with Crippen molar-refractivity contribution < 1.29 is 54.8 Å². The van der Waals surface area contributed by atoms with Crippen molar-refractivity contribution in [3.63, 3.8) is 0 Å². The lowest BCUT2D eigenvalue weighted by atomic mass is 9.94. The Bertz CT molecular complexity index is 3570. The van der Waals surface area contributed by atoms with E-state index in [1.54, 1.807) is 68.7 Å². The van der Waals surface area contributed by atoms with Crippen molar-refractivity contribution in [2.45, 2.75) is 83.0 Å². The van der Waals surface area contributed by atoms with Gasteiger partial charge in [0.1, 0.15) is 71.5 Å². The van der Waals surface area contributed by atoms with Crippen LogP contribution in [0.1, 0.15) is 64.8 Å². The molecule has 2 saturated heterocycles. The molecule has 0 bridgehead atoms. The standard InChI is InChI=1S/C64H63ClF6N8O6/c1-38-28-51(76(31-40-9-17-46(80-3)18-10-40)32-41-11-19-47(81-4)20-12-41)73-57(54(38)64(69,70)71)52-55(65)59-53-58(56(52)68)74-62(85-37-63-29-44(66)35-78(63)36-45(67)30-63)75-61(53)79(26-27-84-59)39(2)50-8-7-25-72-60(50)77(33-42-13-21-48(82-5)22-14-42)34-43-15-23-49(83-6)24-16-43/h7-25,28,39,44-45H,26-27,29-37H2,1-6H3/t39-,44-,45-/m1/s1. The SMILES string of the molecule is COc1ccc(CN(Cc2ccc(OC)cc2)c2cc(C)c(C(F)(F)F)c(-c3c(Cl)c4c5c(nc(OCC67C[C@@H](F)CN6C[C@H](F)C7)nc5c3F)N([C@H](C)c3cccnc3N(Cc3ccc(OC)cc3)Cc3ccc(OC)cc3)CCO4)n2)cc1. The molecule has 3 aliphatic rings. The van der Waals surface area contributed by atoms with Crippen LogP contribution in [0.25, 0.3) is 22.2 Å². The van der Waals surface area contributed by atoms with Crippen molar-refractivity contribution >= 4 is 40.0 Å². The maximum absolute atomic E-state index is 18.6. The average molecular weight is 1190 g/mol. The summed E-state index contributed by atoms with van der Waals surface area (Å²) in [6.07, 6.45) is -5.93. The number of pyridine rings is 2. The molecule has 14 nitrogen and oxygen atoms in total. The summed E-state index contributed by atoms with van der Waals surface area (Å²) >= 11 is 7.38. The monoisotopic (exact) mass is 1190 g/mol. The van der Waals surface area contributed by atoms with E-state index in [0.29, 0.717) is 41.9 Å². The summed E-state index contributed by atoms with van der Waals surface area (Å²) in [7, 11) is 6.30. The van der Waals surface area contributed by atoms with E-state index in [1.807, 2.05) is 96.8 Å². The van der Waals surface area contributed by atoms with Crippen molar-refractivity contribution in [1.29, 1.82) is 0 Å². The van der Waals surface area contributed by atoms with Crippen LogP contribution in [-0.4, -0.2) is 104 Å². The van der Waals surface area contributed by atoms with E-state index < -0.39 is 63.3 Å². The van der Waals surface area contributed by atoms with Gasteiger partial charge in [-0.15, -0.1) is 0 Å². The Balaban J connectivity index is 1.07. The van der Waals surface area contributed by atoms with Gasteiger partial charge in [-0.05, 0) is 102 Å². The number of rotatable bonds is 20. The molecule has 6 heterocycles. The van der Waals surface area contributed by atoms with Gasteiger partial charge < -0.3 is 43.1 Å². The number of fused-ring (bicyclic) bond motifs is 1. The third kappa shape index (κ3) is 12.1. The van der Waals surface area contributed by atoms with Crippen molar-refractivity contribution in [3.8, 4) is 46.0 Å². The van der Waals surface area contributed by atoms with Gasteiger partial charge >= 0.3 is 12.2 Å². The number of nitrogens with zero attached hydrogens (tertiary/aromatic N) is 8. The van der Waals surface area contributed by atoms with Crippen LogP contribution in [0.15, 0.2) is 121 Å². The van der Waals surface area contributed by atoms with Crippen LogP contribution in [0.4, 0.5) is 43.8 Å². The second-order valence-corrected chi connectivity index (χ2v) is 22.0. The summed E-state index contributed by atoms with van der Waals surface area (Å²) < 4.78 is 131. The third-order valence-electron chi connectivity index (χ3n) is 16.2. The topological polar surface area (TPSA) is 120 Å². The number of hydrogen-bond donors (Lipinski definition) is 0. The van der Waals surface area contributed by atoms with Crippen molar-refractivity contribution in [2.75, 3.05) is 76.0 Å². The Hall–Kier alpha value is -8.23. The highest BCUT2D eigenvalue weighted by Gasteiger charge is 2.53. The molecule has 21 heteroatoms. The van der Waals surface area contributed by atoms with Crippen LogP contribution in [0.5, 0.6) is 34.8 Å². The van der Waals surface area contributed by atoms with Gasteiger partial charge in [-0.3, -0.25) is 4.90 Å². The summed E-state index contributed by atoms with van der Waals surface area (Å²) in [5.41, 5.74) is -0.358. The number of ether oxygens (including phenoxy) is 6. The average Bonchev–Trinajstić information content (AvgIpc) is 1.73. The zero-order chi connectivity index (χ0) is 59.7. The minimum Gasteiger partial charge on any atom is -0.497 e. The molecule has 444 valence electrons. The van der Waals surface area contributed by atoms with Crippen molar-refractivity contribution in [1.82, 2.24) is 24.8 Å². The molecule has 3 atom stereocenters. The van der Waals surface area contributed by atoms with E-state index in [4.69, 9.17) is 55.0 Å². The molecule has 2 fully saturated rings. The summed E-state index contributed by atoms with van der Waals surface area (Å²) in [4.78, 5) is 26.8. The Labute approximate surface area is 493 Å². The summed E-state index contributed by atoms with van der Waals surface area (Å²) in [5.74, 6) is 1.92. The normalized spacial score (nSPS) is 16.8. The summed E-state index contributed by atoms with van der Waals surface area (Å²) in [5, 5.41) is -0.538. The molecule has 0 N–H and O–H groups in total. The van der Waals surface area contributed by atoms with Crippen LogP contribution in [0.3, 0.4) is 0 Å². The first-order valence-electron chi connectivity index (χ1n) is 27.8. The number of methoxy groups -OCH3 is 4. The summed E-state index contributed by atoms with van der Waals surface area (Å²) in [6, 6.07) is 33.9. The Morgan fingerprint density at radius 3 is 1.72 bits per heavy atom. The van der Waals surface area contributed by atoms with E-state index in [1.165, 1.54) is 13.0 Å². The molecule has 3 aromatic heterocycles. The molecule has 3 aliphatic heterocycles. The quantitative estimate of drug-likeness (QED) is 0.0673. The van der Waals surface area contributed by atoms with Gasteiger partial charge in [0.25, 0.3) is 0 Å². The first-order valence-corrected chi connectivity index (χ1v) is 28.2. The molecule has 0 unspecified atom stereocenters. The van der Waals surface area contributed by atoms with E-state index in [0.717, 1.165) is 27.8 Å². The number of halogens is 7. The molecule has 0 saturated carbocycles. The smallest absolute Gasteiger partial charge is 0.418 e. The number of hydrogen-bond acceptors (Lipinski definition) is 14. The highest BCUT2D eigenvalue weighted by molar-refractivity contribution is 6.36. The minimum absolute atomic E-state index is 0.00210. The Morgan fingerprint density at radius 2 is 1.22 bits per heavy atom. The summed E-state index contributed by atoms with van der Waals surface area (Å²) in [6.45, 7) is 4.06. The molecule has 0 spiro atoms. The molecular weight excluding hydrogens is 1130 g/mol. The largest absolute Gasteiger partial charge is 0.497 e. The zero-order valence-corrected chi connectivity index (χ0v) is 48.5. The number of alkyl halides is 5. The Morgan fingerprint density at radius 1 is 0.718 bits per heavy atom. The lowest BCUT2D eigenvalue weighted by molar-refractivity contribution is -0.137. The second-order valence-electron chi connectivity index (χ2n) is 21.7. The molecule has 11 rings (SSSR count). The van der Waals surface area contributed by atoms with Gasteiger partial charge in [0.15, 0.2) is 11.6 Å². The molecule has 85 heavy (non-hydrogen) atoms. The highest BCUT2D eigenvalue weighted by Crippen LogP contribution is 2.52. The molecule has 0 radical (unpaired) electrons. The molecule has 5 aromatic carbocycles. The fourth-order valence-electron chi connectivity index (χ4n) is 12.0. The van der Waals surface area contributed by atoms with Crippen LogP contribution >= 0.6 is 11.6 Å².